The molecule has 0 radical (unpaired) electrons. The first-order valence-corrected chi connectivity index (χ1v) is 9.86. The van der Waals surface area contributed by atoms with Gasteiger partial charge < -0.3 is 15.3 Å². The highest BCUT2D eigenvalue weighted by Gasteiger charge is 2.42. The van der Waals surface area contributed by atoms with Crippen LogP contribution < -0.4 is 5.32 Å². The molecule has 0 spiro atoms. The molecule has 1 aliphatic heterocycles. The zero-order valence-corrected chi connectivity index (χ0v) is 15.5. The summed E-state index contributed by atoms with van der Waals surface area (Å²) in [5.41, 5.74) is -0.0446. The number of carbonyl (C=O) groups excluding carboxylic acids is 1. The van der Waals surface area contributed by atoms with E-state index in [9.17, 15) is 9.90 Å². The Morgan fingerprint density at radius 3 is 2.50 bits per heavy atom. The van der Waals surface area contributed by atoms with Gasteiger partial charge in [-0.1, -0.05) is 20.3 Å². The molecule has 1 saturated heterocycles. The van der Waals surface area contributed by atoms with Crippen LogP contribution in [-0.4, -0.2) is 66.3 Å². The van der Waals surface area contributed by atoms with Gasteiger partial charge in [0.2, 0.25) is 0 Å². The molecule has 138 valence electrons. The van der Waals surface area contributed by atoms with E-state index in [0.717, 1.165) is 56.9 Å². The molecule has 3 rings (SSSR count). The second kappa shape index (κ2) is 7.61. The molecule has 2 N–H and O–H groups in total. The number of aliphatic hydroxyl groups is 1. The monoisotopic (exact) mass is 337 g/mol. The highest BCUT2D eigenvalue weighted by molar-refractivity contribution is 5.74. The Kier molecular flexibility index (Phi) is 5.70. The molecule has 2 amide bonds. The number of carbonyl (C=O) groups is 1. The highest BCUT2D eigenvalue weighted by Crippen LogP contribution is 2.46. The van der Waals surface area contributed by atoms with E-state index in [0.29, 0.717) is 6.54 Å². The minimum absolute atomic E-state index is 0.0446. The van der Waals surface area contributed by atoms with E-state index in [1.165, 1.54) is 25.7 Å². The van der Waals surface area contributed by atoms with Gasteiger partial charge in [0.1, 0.15) is 0 Å². The SMILES string of the molecule is CC(C)(CO)CCCNC(=O)N1CCN(C2CC3CCC2C3)CC1. The van der Waals surface area contributed by atoms with Crippen molar-refractivity contribution in [1.82, 2.24) is 15.1 Å². The van der Waals surface area contributed by atoms with Gasteiger partial charge in [-0.3, -0.25) is 4.90 Å². The lowest BCUT2D eigenvalue weighted by atomic mass is 9.89. The molecule has 0 aromatic rings. The Hall–Kier alpha value is -0.810. The number of piperazine rings is 1. The van der Waals surface area contributed by atoms with Crippen LogP contribution in [0.15, 0.2) is 0 Å². The van der Waals surface area contributed by atoms with Gasteiger partial charge in [0, 0.05) is 45.4 Å². The van der Waals surface area contributed by atoms with Crippen molar-refractivity contribution in [3.05, 3.63) is 0 Å². The van der Waals surface area contributed by atoms with Crippen LogP contribution >= 0.6 is 0 Å². The fourth-order valence-electron chi connectivity index (χ4n) is 4.87. The molecule has 5 nitrogen and oxygen atoms in total. The lowest BCUT2D eigenvalue weighted by Crippen LogP contribution is -2.55. The molecule has 0 aromatic heterocycles. The number of nitrogens with zero attached hydrogens (tertiary/aromatic N) is 2. The van der Waals surface area contributed by atoms with E-state index in [1.54, 1.807) is 0 Å². The number of amides is 2. The molecular formula is C19H35N3O2. The van der Waals surface area contributed by atoms with Crippen LogP contribution in [-0.2, 0) is 0 Å². The molecule has 3 fully saturated rings. The van der Waals surface area contributed by atoms with Gasteiger partial charge in [-0.15, -0.1) is 0 Å². The van der Waals surface area contributed by atoms with Crippen molar-refractivity contribution in [1.29, 1.82) is 0 Å². The molecular weight excluding hydrogens is 302 g/mol. The van der Waals surface area contributed by atoms with Gasteiger partial charge in [0.25, 0.3) is 0 Å². The maximum atomic E-state index is 12.3. The average Bonchev–Trinajstić information content (AvgIpc) is 3.22. The second-order valence-electron chi connectivity index (χ2n) is 8.92. The average molecular weight is 338 g/mol. The molecule has 2 saturated carbocycles. The fourth-order valence-corrected chi connectivity index (χ4v) is 4.87. The van der Waals surface area contributed by atoms with Crippen LogP contribution in [0, 0.1) is 17.3 Å². The molecule has 3 aliphatic rings. The van der Waals surface area contributed by atoms with Gasteiger partial charge in [0.15, 0.2) is 0 Å². The van der Waals surface area contributed by atoms with Gasteiger partial charge in [-0.25, -0.2) is 4.79 Å². The number of nitrogens with one attached hydrogen (secondary N) is 1. The summed E-state index contributed by atoms with van der Waals surface area (Å²) in [7, 11) is 0. The third-order valence-corrected chi connectivity index (χ3v) is 6.51. The highest BCUT2D eigenvalue weighted by atomic mass is 16.3. The predicted molar refractivity (Wildman–Crippen MR) is 95.9 cm³/mol. The summed E-state index contributed by atoms with van der Waals surface area (Å²) in [6.45, 7) is 8.83. The van der Waals surface area contributed by atoms with Gasteiger partial charge in [-0.2, -0.15) is 0 Å². The number of hydrogen-bond donors (Lipinski definition) is 2. The Bertz CT molecular complexity index is 432. The number of fused-ring (bicyclic) bond motifs is 2. The maximum Gasteiger partial charge on any atom is 0.317 e. The van der Waals surface area contributed by atoms with E-state index in [-0.39, 0.29) is 18.1 Å². The quantitative estimate of drug-likeness (QED) is 0.731. The minimum Gasteiger partial charge on any atom is -0.396 e. The first-order chi connectivity index (χ1) is 11.5. The Balaban J connectivity index is 1.33. The van der Waals surface area contributed by atoms with Gasteiger partial charge in [-0.05, 0) is 49.4 Å². The summed E-state index contributed by atoms with van der Waals surface area (Å²) in [6.07, 6.45) is 7.59. The van der Waals surface area contributed by atoms with Crippen LogP contribution in [0.25, 0.3) is 0 Å². The largest absolute Gasteiger partial charge is 0.396 e. The van der Waals surface area contributed by atoms with Crippen molar-refractivity contribution in [3.63, 3.8) is 0 Å². The van der Waals surface area contributed by atoms with Crippen LogP contribution in [0.3, 0.4) is 0 Å². The predicted octanol–water partition coefficient (Wildman–Crippen LogP) is 2.30. The van der Waals surface area contributed by atoms with E-state index in [1.807, 2.05) is 4.90 Å². The lowest BCUT2D eigenvalue weighted by molar-refractivity contribution is 0.0825. The number of rotatable bonds is 6. The van der Waals surface area contributed by atoms with E-state index < -0.39 is 0 Å². The number of aliphatic hydroxyl groups excluding tert-OH is 1. The van der Waals surface area contributed by atoms with Crippen LogP contribution in [0.1, 0.15) is 52.4 Å². The Morgan fingerprint density at radius 1 is 1.17 bits per heavy atom. The number of urea groups is 1. The standard InChI is InChI=1S/C19H35N3O2/c1-19(2,14-23)6-3-7-20-18(24)22-10-8-21(9-11-22)17-13-15-4-5-16(17)12-15/h15-17,23H,3-14H2,1-2H3,(H,20,24). The minimum atomic E-state index is -0.0446. The molecule has 2 bridgehead atoms. The number of hydrogen-bond acceptors (Lipinski definition) is 3. The van der Waals surface area contributed by atoms with Crippen molar-refractivity contribution in [3.8, 4) is 0 Å². The first-order valence-electron chi connectivity index (χ1n) is 9.86. The maximum absolute atomic E-state index is 12.3. The summed E-state index contributed by atoms with van der Waals surface area (Å²) < 4.78 is 0. The van der Waals surface area contributed by atoms with Crippen molar-refractivity contribution < 1.29 is 9.90 Å². The molecule has 1 heterocycles. The molecule has 2 aliphatic carbocycles. The Labute approximate surface area is 146 Å². The third kappa shape index (κ3) is 4.23. The van der Waals surface area contributed by atoms with Crippen LogP contribution in [0.2, 0.25) is 0 Å². The normalized spacial score (nSPS) is 30.8. The lowest BCUT2D eigenvalue weighted by Gasteiger charge is -2.41. The molecule has 3 atom stereocenters. The second-order valence-corrected chi connectivity index (χ2v) is 8.92. The Morgan fingerprint density at radius 2 is 1.92 bits per heavy atom. The van der Waals surface area contributed by atoms with Gasteiger partial charge in [0.05, 0.1) is 0 Å². The summed E-state index contributed by atoms with van der Waals surface area (Å²) in [5.74, 6) is 1.93. The van der Waals surface area contributed by atoms with E-state index in [2.05, 4.69) is 24.1 Å². The summed E-state index contributed by atoms with van der Waals surface area (Å²) in [5, 5.41) is 12.3. The molecule has 24 heavy (non-hydrogen) atoms. The smallest absolute Gasteiger partial charge is 0.317 e. The molecule has 5 heteroatoms. The van der Waals surface area contributed by atoms with Crippen LogP contribution in [0.4, 0.5) is 4.79 Å². The topological polar surface area (TPSA) is 55.8 Å². The van der Waals surface area contributed by atoms with Gasteiger partial charge >= 0.3 is 6.03 Å². The molecule has 3 unspecified atom stereocenters. The van der Waals surface area contributed by atoms with Crippen molar-refractivity contribution in [2.45, 2.75) is 58.4 Å². The zero-order chi connectivity index (χ0) is 17.2. The molecule has 0 aromatic carbocycles. The summed E-state index contributed by atoms with van der Waals surface area (Å²) in [4.78, 5) is 16.9. The van der Waals surface area contributed by atoms with Crippen molar-refractivity contribution in [2.24, 2.45) is 17.3 Å². The fraction of sp³-hybridized carbons (Fsp3) is 0.947. The van der Waals surface area contributed by atoms with E-state index in [4.69, 9.17) is 0 Å². The van der Waals surface area contributed by atoms with E-state index >= 15 is 0 Å². The van der Waals surface area contributed by atoms with Crippen molar-refractivity contribution in [2.75, 3.05) is 39.3 Å². The summed E-state index contributed by atoms with van der Waals surface area (Å²) >= 11 is 0. The van der Waals surface area contributed by atoms with Crippen LogP contribution in [0.5, 0.6) is 0 Å². The first kappa shape index (κ1) is 18.0. The van der Waals surface area contributed by atoms with Crippen molar-refractivity contribution >= 4 is 6.03 Å². The third-order valence-electron chi connectivity index (χ3n) is 6.51. The summed E-state index contributed by atoms with van der Waals surface area (Å²) in [6, 6.07) is 0.888. The zero-order valence-electron chi connectivity index (χ0n) is 15.5.